The van der Waals surface area contributed by atoms with Crippen molar-refractivity contribution in [3.8, 4) is 5.75 Å². The summed E-state index contributed by atoms with van der Waals surface area (Å²) in [5.74, 6) is -14.1. The van der Waals surface area contributed by atoms with Gasteiger partial charge in [0.15, 0.2) is 5.96 Å². The van der Waals surface area contributed by atoms with Gasteiger partial charge in [-0.2, -0.15) is 0 Å². The van der Waals surface area contributed by atoms with Crippen molar-refractivity contribution in [1.82, 2.24) is 94.0 Å². The minimum Gasteiger partial charge on any atom is -0.508 e. The van der Waals surface area contributed by atoms with Crippen molar-refractivity contribution in [1.29, 1.82) is 0 Å². The number of H-pyrrole nitrogens is 2. The number of aliphatic imine (C=N–C) groups is 1. The molecule has 16 amide bonds. The zero-order chi connectivity index (χ0) is 97.9. The highest BCUT2D eigenvalue weighted by atomic mass is 16.3. The molecule has 0 radical (unpaired) electrons. The lowest BCUT2D eigenvalue weighted by molar-refractivity contribution is -0.142. The molecule has 0 unspecified atom stereocenters. The average Bonchev–Trinajstić information content (AvgIpc) is 1.66. The Labute approximate surface area is 766 Å². The zero-order valence-electron chi connectivity index (χ0n) is 78.1. The number of aliphatic hydroxyl groups excluding tert-OH is 1. The summed E-state index contributed by atoms with van der Waals surface area (Å²) >= 11 is 0. The molecule has 0 saturated carbocycles. The minimum atomic E-state index is -1.48. The van der Waals surface area contributed by atoms with E-state index in [0.717, 1.165) is 4.90 Å². The van der Waals surface area contributed by atoms with Crippen molar-refractivity contribution in [3.63, 3.8) is 0 Å². The number of hydrogen-bond acceptors (Lipinski definition) is 23. The number of unbranched alkanes of at least 4 members (excludes halogenated alkanes) is 3. The summed E-state index contributed by atoms with van der Waals surface area (Å²) in [6, 6.07) is -12.0. The van der Waals surface area contributed by atoms with Gasteiger partial charge >= 0.3 is 0 Å². The molecule has 4 rings (SSSR count). The first-order valence-corrected chi connectivity index (χ1v) is 45.6. The Morgan fingerprint density at radius 3 is 1.42 bits per heavy atom. The smallest absolute Gasteiger partial charge is 0.245 e. The number of aromatic amines is 2. The second-order valence-corrected chi connectivity index (χ2v) is 35.8. The molecule has 2 aromatic heterocycles. The van der Waals surface area contributed by atoms with Gasteiger partial charge in [-0.15, -0.1) is 0 Å². The van der Waals surface area contributed by atoms with Crippen molar-refractivity contribution < 1.29 is 86.9 Å². The number of primary amides is 2. The second kappa shape index (κ2) is 57.3. The van der Waals surface area contributed by atoms with Gasteiger partial charge in [-0.05, 0) is 144 Å². The molecule has 43 heteroatoms. The highest BCUT2D eigenvalue weighted by Crippen LogP contribution is 2.23. The van der Waals surface area contributed by atoms with E-state index in [2.05, 4.69) is 94.0 Å². The number of aliphatic hydroxyl groups is 1. The lowest BCUT2D eigenvalue weighted by Crippen LogP contribution is -2.61. The number of nitrogens with one attached hydrogen (secondary N) is 15. The van der Waals surface area contributed by atoms with Crippen LogP contribution in [-0.4, -0.2) is 252 Å². The zero-order valence-corrected chi connectivity index (χ0v) is 78.1. The van der Waals surface area contributed by atoms with Crippen LogP contribution in [0.4, 0.5) is 0 Å². The Morgan fingerprint density at radius 1 is 0.473 bits per heavy atom. The number of nitrogens with zero attached hydrogens (tertiary/aromatic N) is 4. The SMILES string of the molecule is CC[C@H](C)[C@H](NC(=O)[C@H](Cc1ccc(O)cc1)NC(=O)[C@@H]1C[C@@H](O)CN1C(=O)[C@H](C)NC(=O)[C@H](CC(C)C)NC(=O)CCCCCNC(=O)[C@H](CCC(N)=O)NC(=O)[C@H](CC(C)C)NC(=O)[C@H](CC(C)C)NC(=O)[C@H](CCCN=C(N)N)NC(=O)[C@H](Cc1cnc[nH]1)NC(=O)[C@H](CC(C)C)NC(=O)[C@@H](NC(=O)[C@H](CCCCN)NC(=O)[C@@H](N)Cc1cnc[nH]1)[C@@H](C)CC)C(N)=O. The third kappa shape index (κ3) is 40.6. The van der Waals surface area contributed by atoms with Gasteiger partial charge in [-0.1, -0.05) is 114 Å². The summed E-state index contributed by atoms with van der Waals surface area (Å²) in [5, 5.41) is 56.3. The van der Waals surface area contributed by atoms with Crippen LogP contribution in [0.3, 0.4) is 0 Å². The molecule has 0 bridgehead atoms. The van der Waals surface area contributed by atoms with Crippen molar-refractivity contribution in [3.05, 3.63) is 66.3 Å². The van der Waals surface area contributed by atoms with Crippen molar-refractivity contribution >= 4 is 100 Å². The largest absolute Gasteiger partial charge is 0.508 e. The second-order valence-electron chi connectivity index (χ2n) is 35.8. The number of benzene rings is 1. The van der Waals surface area contributed by atoms with Crippen LogP contribution in [0.5, 0.6) is 5.75 Å². The number of β-amino-alcohol motifs (C(OH)–C–C–N with tert-alkyl or cyclic N) is 1. The third-order valence-corrected chi connectivity index (χ3v) is 22.4. The molecule has 732 valence electrons. The lowest BCUT2D eigenvalue weighted by Gasteiger charge is -2.30. The van der Waals surface area contributed by atoms with E-state index in [1.165, 1.54) is 44.1 Å². The van der Waals surface area contributed by atoms with E-state index >= 15 is 0 Å². The fourth-order valence-corrected chi connectivity index (χ4v) is 14.8. The van der Waals surface area contributed by atoms with Crippen molar-refractivity contribution in [2.45, 2.75) is 316 Å². The first-order valence-electron chi connectivity index (χ1n) is 45.6. The summed E-state index contributed by atoms with van der Waals surface area (Å²) < 4.78 is 0. The summed E-state index contributed by atoms with van der Waals surface area (Å²) in [7, 11) is 0. The molecule has 1 aromatic carbocycles. The quantitative estimate of drug-likeness (QED) is 0.0163. The van der Waals surface area contributed by atoms with Gasteiger partial charge in [0, 0.05) is 81.9 Å². The Kier molecular flexibility index (Phi) is 48.8. The number of aromatic nitrogens is 4. The maximum atomic E-state index is 14.9. The number of amides is 16. The molecule has 1 aliphatic heterocycles. The highest BCUT2D eigenvalue weighted by molar-refractivity contribution is 6.00. The van der Waals surface area contributed by atoms with Crippen LogP contribution in [0.25, 0.3) is 0 Å². The van der Waals surface area contributed by atoms with E-state index in [1.807, 2.05) is 41.5 Å². The molecule has 1 fully saturated rings. The first kappa shape index (κ1) is 111. The van der Waals surface area contributed by atoms with Gasteiger partial charge in [0.2, 0.25) is 94.5 Å². The predicted molar refractivity (Wildman–Crippen MR) is 488 cm³/mol. The number of likely N-dealkylation sites (tertiary alicyclic amines) is 1. The first-order chi connectivity index (χ1) is 61.8. The molecule has 0 spiro atoms. The number of hydrogen-bond donors (Lipinski definition) is 23. The molecule has 43 nitrogen and oxygen atoms in total. The molecule has 1 saturated heterocycles. The summed E-state index contributed by atoms with van der Waals surface area (Å²) in [5.41, 5.74) is 36.0. The number of guanidine groups is 1. The van der Waals surface area contributed by atoms with E-state index < -0.39 is 191 Å². The molecule has 3 aromatic rings. The molecule has 17 atom stereocenters. The average molecular weight is 1840 g/mol. The van der Waals surface area contributed by atoms with E-state index in [1.54, 1.807) is 53.7 Å². The van der Waals surface area contributed by atoms with Gasteiger partial charge in [-0.3, -0.25) is 81.7 Å². The van der Waals surface area contributed by atoms with E-state index in [4.69, 9.17) is 34.4 Å². The summed E-state index contributed by atoms with van der Waals surface area (Å²) in [6.45, 7) is 22.9. The number of rotatable bonds is 61. The number of phenols is 1. The van der Waals surface area contributed by atoms with Crippen molar-refractivity contribution in [2.75, 3.05) is 26.2 Å². The Hall–Kier alpha value is -11.9. The Morgan fingerprint density at radius 2 is 0.916 bits per heavy atom. The van der Waals surface area contributed by atoms with Crippen LogP contribution in [0.1, 0.15) is 223 Å². The molecular weight excluding hydrogens is 1700 g/mol. The monoisotopic (exact) mass is 1840 g/mol. The number of carbonyl (C=O) groups is 16. The fourth-order valence-electron chi connectivity index (χ4n) is 14.8. The van der Waals surface area contributed by atoms with Crippen molar-refractivity contribution in [2.24, 2.45) is 74.9 Å². The van der Waals surface area contributed by atoms with Crippen LogP contribution in [0.15, 0.2) is 54.3 Å². The third-order valence-electron chi connectivity index (χ3n) is 22.4. The molecule has 3 heterocycles. The minimum absolute atomic E-state index is 0.00626. The number of phenolic OH excluding ortho intramolecular Hbond substituents is 1. The van der Waals surface area contributed by atoms with Gasteiger partial charge < -0.3 is 129 Å². The van der Waals surface area contributed by atoms with Gasteiger partial charge in [0.1, 0.15) is 84.3 Å². The molecule has 0 aliphatic carbocycles. The van der Waals surface area contributed by atoms with E-state index in [0.29, 0.717) is 62.0 Å². The van der Waals surface area contributed by atoms with Crippen LogP contribution in [0.2, 0.25) is 0 Å². The molecule has 131 heavy (non-hydrogen) atoms. The molecular formula is C88H147N25O18. The summed E-state index contributed by atoms with van der Waals surface area (Å²) in [6.07, 6.45) is 6.56. The number of aromatic hydroxyl groups is 1. The summed E-state index contributed by atoms with van der Waals surface area (Å²) in [4.78, 5) is 243. The highest BCUT2D eigenvalue weighted by Gasteiger charge is 2.44. The van der Waals surface area contributed by atoms with Crippen LogP contribution in [-0.2, 0) is 96.0 Å². The number of carbonyl (C=O) groups excluding carboxylic acids is 16. The maximum absolute atomic E-state index is 14.9. The van der Waals surface area contributed by atoms with Crippen LogP contribution < -0.4 is 104 Å². The Bertz CT molecular complexity index is 4200. The lowest BCUT2D eigenvalue weighted by atomic mass is 9.96. The van der Waals surface area contributed by atoms with Gasteiger partial charge in [0.05, 0.1) is 24.8 Å². The topological polar surface area (TPSA) is 699 Å². The van der Waals surface area contributed by atoms with E-state index in [-0.39, 0.29) is 157 Å². The van der Waals surface area contributed by atoms with Gasteiger partial charge in [-0.25, -0.2) is 9.97 Å². The normalized spacial score (nSPS) is 16.6. The van der Waals surface area contributed by atoms with Gasteiger partial charge in [0.25, 0.3) is 0 Å². The van der Waals surface area contributed by atoms with Crippen LogP contribution in [0, 0.1) is 35.5 Å². The predicted octanol–water partition coefficient (Wildman–Crippen LogP) is -2.12. The molecule has 1 aliphatic rings. The number of imidazole rings is 2. The maximum Gasteiger partial charge on any atom is 0.245 e. The van der Waals surface area contributed by atoms with E-state index in [9.17, 15) is 86.9 Å². The molecule has 29 N–H and O–H groups in total. The Balaban J connectivity index is 1.46. The number of nitrogens with two attached hydrogens (primary N) is 6. The standard InChI is InChI=1S/C88H147N25O18/c1-14-51(11)72(74(92)118)111-84(128)67(38-54-25-27-57(114)28-26-54)109-85(129)69-41-58(115)44-113(69)87(131)53(13)101-79(123)63(34-47(3)4)102-71(117)24-17-16-20-32-97-76(120)62(29-30-70(91)116)105-80(124)64(35-48(5)6)107-81(125)65(36-49(7)8)106-77(121)61(23-21-33-98-88(93)94)104-83(127)68(40-56-43-96-46-100-56)108-82(126)66(37-50(9)10)110-86(130)73(52(12)15-2)112-78(122)60(22-18-19-31-89)103-75(119)59(90)39-55-42-95-45-99-55/h25-28,42-43,45-53,58-69,72-73,114-115H,14-24,29-41,44,89-90H2,1-13H3,(H2,91,116)(H2,92,118)(H,95,99)(H,96,100)(H,97,120)(H,101,123)(H,102,117)(H,103,119)(H,104,127)(H,105,124)(H,106,121)(H,107,125)(H,108,126)(H,109,129)(H,110,130)(H,111,128)(H,112,122)(H4,93,94,98)/t51-,52-,53-,58+,59-,60-,61-,62-,63-,64-,65-,66-,67-,68-,69-,72-,73-/m0/s1. The van der Waals surface area contributed by atoms with Crippen LogP contribution >= 0.6 is 0 Å². The fraction of sp³-hybridized carbons (Fsp3) is 0.670.